The summed E-state index contributed by atoms with van der Waals surface area (Å²) in [6, 6.07) is 12.7. The van der Waals surface area contributed by atoms with Gasteiger partial charge in [-0.1, -0.05) is 6.07 Å². The molecule has 1 aliphatic rings. The number of fused-ring (bicyclic) bond motifs is 1. The van der Waals surface area contributed by atoms with E-state index in [1.54, 1.807) is 43.3 Å². The van der Waals surface area contributed by atoms with Crippen molar-refractivity contribution < 1.29 is 19.1 Å². The number of likely N-dealkylation sites (N-methyl/N-ethyl adjacent to an activating group) is 1. The Bertz CT molecular complexity index is 787. The van der Waals surface area contributed by atoms with Crippen molar-refractivity contribution in [2.24, 2.45) is 0 Å². The number of amides is 2. The minimum absolute atomic E-state index is 0.0702. The summed E-state index contributed by atoms with van der Waals surface area (Å²) in [4.78, 5) is 25.4. The van der Waals surface area contributed by atoms with Gasteiger partial charge in [0.2, 0.25) is 0 Å². The van der Waals surface area contributed by atoms with E-state index >= 15 is 0 Å². The Kier molecular flexibility index (Phi) is 4.88. The van der Waals surface area contributed by atoms with E-state index in [1.165, 1.54) is 0 Å². The summed E-state index contributed by atoms with van der Waals surface area (Å²) >= 11 is 0. The van der Waals surface area contributed by atoms with Gasteiger partial charge in [-0.15, -0.1) is 0 Å². The summed E-state index contributed by atoms with van der Waals surface area (Å²) in [5, 5.41) is 2.89. The van der Waals surface area contributed by atoms with Gasteiger partial charge in [0, 0.05) is 19.2 Å². The van der Waals surface area contributed by atoms with Crippen LogP contribution in [0.25, 0.3) is 0 Å². The Morgan fingerprint density at radius 1 is 1.24 bits per heavy atom. The molecule has 1 heterocycles. The summed E-state index contributed by atoms with van der Waals surface area (Å²) in [6.07, 6.45) is 0.664. The number of hydrogen-bond acceptors (Lipinski definition) is 4. The number of nitrogens with zero attached hydrogens (tertiary/aromatic N) is 1. The van der Waals surface area contributed by atoms with Crippen LogP contribution in [-0.4, -0.2) is 39.1 Å². The van der Waals surface area contributed by atoms with Crippen molar-refractivity contribution in [1.29, 1.82) is 0 Å². The normalized spacial score (nSPS) is 13.0. The van der Waals surface area contributed by atoms with Crippen molar-refractivity contribution >= 4 is 17.5 Å². The molecule has 0 fully saturated rings. The van der Waals surface area contributed by atoms with E-state index in [0.29, 0.717) is 30.0 Å². The number of carbonyl (C=O) groups excluding carboxylic acids is 2. The first-order chi connectivity index (χ1) is 12.1. The third-order valence-corrected chi connectivity index (χ3v) is 4.16. The highest BCUT2D eigenvalue weighted by molar-refractivity contribution is 5.97. The van der Waals surface area contributed by atoms with Crippen LogP contribution < -0.4 is 19.7 Å². The smallest absolute Gasteiger partial charge is 0.264 e. The highest BCUT2D eigenvalue weighted by Gasteiger charge is 2.22. The van der Waals surface area contributed by atoms with Crippen molar-refractivity contribution in [1.82, 2.24) is 5.32 Å². The van der Waals surface area contributed by atoms with Crippen LogP contribution >= 0.6 is 0 Å². The van der Waals surface area contributed by atoms with E-state index in [9.17, 15) is 9.59 Å². The van der Waals surface area contributed by atoms with Gasteiger partial charge in [0.15, 0.2) is 6.61 Å². The first kappa shape index (κ1) is 16.8. The molecule has 0 aliphatic carbocycles. The molecule has 1 aliphatic heterocycles. The summed E-state index contributed by atoms with van der Waals surface area (Å²) in [5.41, 5.74) is 2.37. The fourth-order valence-corrected chi connectivity index (χ4v) is 2.64. The summed E-state index contributed by atoms with van der Waals surface area (Å²) in [7, 11) is 3.32. The lowest BCUT2D eigenvalue weighted by molar-refractivity contribution is -0.120. The van der Waals surface area contributed by atoms with Crippen LogP contribution in [0, 0.1) is 0 Å². The minimum Gasteiger partial charge on any atom is -0.497 e. The lowest BCUT2D eigenvalue weighted by Gasteiger charge is -2.26. The fourth-order valence-electron chi connectivity index (χ4n) is 2.64. The molecule has 25 heavy (non-hydrogen) atoms. The molecule has 1 N–H and O–H groups in total. The van der Waals surface area contributed by atoms with Gasteiger partial charge >= 0.3 is 0 Å². The molecule has 2 aromatic rings. The van der Waals surface area contributed by atoms with Crippen LogP contribution in [0.1, 0.15) is 15.9 Å². The maximum absolute atomic E-state index is 12.1. The van der Waals surface area contributed by atoms with Gasteiger partial charge in [-0.05, 0) is 48.4 Å². The number of ether oxygens (including phenoxy) is 2. The summed E-state index contributed by atoms with van der Waals surface area (Å²) in [6.45, 7) is 0.572. The highest BCUT2D eigenvalue weighted by Crippen LogP contribution is 2.31. The van der Waals surface area contributed by atoms with Gasteiger partial charge in [0.25, 0.3) is 11.8 Å². The zero-order valence-electron chi connectivity index (χ0n) is 14.2. The first-order valence-corrected chi connectivity index (χ1v) is 8.03. The number of rotatable bonds is 5. The van der Waals surface area contributed by atoms with Crippen LogP contribution in [0.3, 0.4) is 0 Å². The van der Waals surface area contributed by atoms with Gasteiger partial charge in [-0.25, -0.2) is 0 Å². The predicted molar refractivity (Wildman–Crippen MR) is 94.4 cm³/mol. The van der Waals surface area contributed by atoms with Crippen LogP contribution in [0.5, 0.6) is 11.5 Å². The number of anilines is 1. The summed E-state index contributed by atoms with van der Waals surface area (Å²) < 4.78 is 10.5. The molecule has 0 saturated carbocycles. The lowest BCUT2D eigenvalue weighted by atomic mass is 10.1. The molecule has 6 heteroatoms. The Morgan fingerprint density at radius 3 is 2.72 bits per heavy atom. The number of nitrogens with one attached hydrogen (secondary N) is 1. The Morgan fingerprint density at radius 2 is 2.00 bits per heavy atom. The second-order valence-electron chi connectivity index (χ2n) is 5.78. The largest absolute Gasteiger partial charge is 0.497 e. The van der Waals surface area contributed by atoms with E-state index in [4.69, 9.17) is 9.47 Å². The average Bonchev–Trinajstić information content (AvgIpc) is 2.65. The third kappa shape index (κ3) is 3.74. The SMILES string of the molecule is COc1ccc(C(=O)NCCc2ccc3c(c2)N(C)C(=O)CO3)cc1. The molecule has 0 spiro atoms. The molecule has 0 unspecified atom stereocenters. The maximum atomic E-state index is 12.1. The lowest BCUT2D eigenvalue weighted by Crippen LogP contribution is -2.35. The molecule has 0 bridgehead atoms. The van der Waals surface area contributed by atoms with Gasteiger partial charge in [0.1, 0.15) is 11.5 Å². The van der Waals surface area contributed by atoms with Crippen LogP contribution in [-0.2, 0) is 11.2 Å². The van der Waals surface area contributed by atoms with E-state index in [2.05, 4.69) is 5.32 Å². The summed E-state index contributed by atoms with van der Waals surface area (Å²) in [5.74, 6) is 1.22. The zero-order chi connectivity index (χ0) is 17.8. The Hall–Kier alpha value is -3.02. The number of methoxy groups -OCH3 is 1. The molecule has 2 amide bonds. The maximum Gasteiger partial charge on any atom is 0.264 e. The van der Waals surface area contributed by atoms with Crippen LogP contribution in [0.2, 0.25) is 0 Å². The molecule has 3 rings (SSSR count). The minimum atomic E-state index is -0.128. The van der Waals surface area contributed by atoms with E-state index in [0.717, 1.165) is 11.3 Å². The molecule has 0 saturated heterocycles. The van der Waals surface area contributed by atoms with Crippen molar-refractivity contribution in [3.63, 3.8) is 0 Å². The van der Waals surface area contributed by atoms with Crippen molar-refractivity contribution in [3.05, 3.63) is 53.6 Å². The van der Waals surface area contributed by atoms with Crippen LogP contribution in [0.4, 0.5) is 5.69 Å². The molecule has 2 aromatic carbocycles. The predicted octanol–water partition coefficient (Wildman–Crippen LogP) is 2.02. The molecule has 130 valence electrons. The molecular formula is C19H20N2O4. The highest BCUT2D eigenvalue weighted by atomic mass is 16.5. The molecular weight excluding hydrogens is 320 g/mol. The quantitative estimate of drug-likeness (QED) is 0.904. The van der Waals surface area contributed by atoms with Crippen molar-refractivity contribution in [2.45, 2.75) is 6.42 Å². The second-order valence-corrected chi connectivity index (χ2v) is 5.78. The monoisotopic (exact) mass is 340 g/mol. The molecule has 6 nitrogen and oxygen atoms in total. The number of carbonyl (C=O) groups is 2. The van der Waals surface area contributed by atoms with Gasteiger partial charge in [-0.2, -0.15) is 0 Å². The molecule has 0 radical (unpaired) electrons. The van der Waals surface area contributed by atoms with Crippen molar-refractivity contribution in [3.8, 4) is 11.5 Å². The zero-order valence-corrected chi connectivity index (χ0v) is 14.2. The fraction of sp³-hybridized carbons (Fsp3) is 0.263. The first-order valence-electron chi connectivity index (χ1n) is 8.03. The second kappa shape index (κ2) is 7.25. The van der Waals surface area contributed by atoms with E-state index in [1.807, 2.05) is 18.2 Å². The van der Waals surface area contributed by atoms with Crippen LogP contribution in [0.15, 0.2) is 42.5 Å². The molecule has 0 aromatic heterocycles. The Balaban J connectivity index is 1.58. The number of hydrogen-bond donors (Lipinski definition) is 1. The average molecular weight is 340 g/mol. The molecule has 0 atom stereocenters. The standard InChI is InChI=1S/C19H20N2O4/c1-21-16-11-13(3-8-17(16)25-12-18(21)22)9-10-20-19(23)14-4-6-15(24-2)7-5-14/h3-8,11H,9-10,12H2,1-2H3,(H,20,23). The van der Waals surface area contributed by atoms with Gasteiger partial charge < -0.3 is 19.7 Å². The number of benzene rings is 2. The Labute approximate surface area is 146 Å². The topological polar surface area (TPSA) is 67.9 Å². The van der Waals surface area contributed by atoms with Gasteiger partial charge in [-0.3, -0.25) is 9.59 Å². The van der Waals surface area contributed by atoms with Gasteiger partial charge in [0.05, 0.1) is 12.8 Å². The van der Waals surface area contributed by atoms with Crippen molar-refractivity contribution in [2.75, 3.05) is 32.2 Å². The van der Waals surface area contributed by atoms with E-state index in [-0.39, 0.29) is 18.4 Å². The third-order valence-electron chi connectivity index (χ3n) is 4.16. The van der Waals surface area contributed by atoms with E-state index < -0.39 is 0 Å².